The number of aliphatic hydroxyl groups is 1. The van der Waals surface area contributed by atoms with Crippen LogP contribution in [0.25, 0.3) is 0 Å². The third-order valence-electron chi connectivity index (χ3n) is 13.7. The summed E-state index contributed by atoms with van der Waals surface area (Å²) in [7, 11) is 0. The summed E-state index contributed by atoms with van der Waals surface area (Å²) in [6, 6.07) is 15.7. The molecule has 15 nitrogen and oxygen atoms in total. The monoisotopic (exact) mass is 858 g/mol. The van der Waals surface area contributed by atoms with Gasteiger partial charge in [-0.05, 0) is 106 Å². The number of benzene rings is 1. The van der Waals surface area contributed by atoms with Gasteiger partial charge in [-0.15, -0.1) is 10.2 Å². The molecule has 4 aromatic rings. The zero-order chi connectivity index (χ0) is 42.7. The molecule has 9 rings (SSSR count). The van der Waals surface area contributed by atoms with E-state index in [1.807, 2.05) is 29.3 Å². The maximum Gasteiger partial charge on any atom is 0.219 e. The fourth-order valence-corrected chi connectivity index (χ4v) is 10.4. The summed E-state index contributed by atoms with van der Waals surface area (Å²) in [5.41, 5.74) is 5.96. The number of piperidine rings is 2. The number of amides is 1. The summed E-state index contributed by atoms with van der Waals surface area (Å²) in [4.78, 5) is 26.1. The summed E-state index contributed by atoms with van der Waals surface area (Å²) in [5.74, 6) is 3.18. The van der Waals surface area contributed by atoms with E-state index in [1.54, 1.807) is 25.1 Å². The van der Waals surface area contributed by atoms with Crippen molar-refractivity contribution >= 4 is 34.8 Å². The van der Waals surface area contributed by atoms with E-state index < -0.39 is 6.23 Å². The number of hydrogen-bond acceptors (Lipinski definition) is 13. The van der Waals surface area contributed by atoms with Crippen LogP contribution in [0, 0.1) is 28.6 Å². The number of ether oxygens (including phenoxy) is 1. The Morgan fingerprint density at radius 1 is 0.952 bits per heavy atom. The Hall–Kier alpha value is -5.32. The summed E-state index contributed by atoms with van der Waals surface area (Å²) < 4.78 is 8.44. The Labute approximate surface area is 368 Å². The molecule has 1 aliphatic carbocycles. The molecule has 7 heterocycles. The quantitative estimate of drug-likeness (QED) is 0.179. The van der Waals surface area contributed by atoms with E-state index in [9.17, 15) is 15.2 Å². The second-order valence-corrected chi connectivity index (χ2v) is 18.0. The van der Waals surface area contributed by atoms with Crippen molar-refractivity contribution in [1.82, 2.24) is 40.1 Å². The zero-order valence-corrected chi connectivity index (χ0v) is 36.2. The Morgan fingerprint density at radius 3 is 2.47 bits per heavy atom. The molecule has 0 spiro atoms. The molecule has 16 heteroatoms. The predicted molar refractivity (Wildman–Crippen MR) is 234 cm³/mol. The van der Waals surface area contributed by atoms with Gasteiger partial charge in [0.1, 0.15) is 35.5 Å². The van der Waals surface area contributed by atoms with Crippen molar-refractivity contribution in [2.45, 2.75) is 109 Å². The number of nitriles is 2. The number of fused-ring (bicyclic) bond motifs is 2. The lowest BCUT2D eigenvalue weighted by Crippen LogP contribution is -2.42. The third kappa shape index (κ3) is 9.09. The Bertz CT molecular complexity index is 2320. The Balaban J connectivity index is 0.742. The normalized spacial score (nSPS) is 21.7. The maximum absolute atomic E-state index is 12.5. The molecule has 5 aliphatic rings. The highest BCUT2D eigenvalue weighted by Crippen LogP contribution is 2.40. The van der Waals surface area contributed by atoms with Gasteiger partial charge < -0.3 is 29.4 Å². The van der Waals surface area contributed by atoms with Crippen LogP contribution in [0.15, 0.2) is 42.6 Å². The lowest BCUT2D eigenvalue weighted by Gasteiger charge is -2.38. The van der Waals surface area contributed by atoms with Gasteiger partial charge in [0.2, 0.25) is 5.91 Å². The van der Waals surface area contributed by atoms with Gasteiger partial charge in [0.25, 0.3) is 0 Å². The maximum atomic E-state index is 12.5. The molecule has 2 N–H and O–H groups in total. The molecule has 0 bridgehead atoms. The molecule has 1 saturated carbocycles. The first-order valence-corrected chi connectivity index (χ1v) is 22.7. The van der Waals surface area contributed by atoms with Crippen molar-refractivity contribution in [3.05, 3.63) is 81.4 Å². The minimum absolute atomic E-state index is 0.0603. The second-order valence-electron chi connectivity index (χ2n) is 17.6. The van der Waals surface area contributed by atoms with Crippen molar-refractivity contribution in [2.24, 2.45) is 5.92 Å². The molecule has 3 aromatic heterocycles. The number of nitrogens with one attached hydrogen (secondary N) is 1. The van der Waals surface area contributed by atoms with Gasteiger partial charge in [0, 0.05) is 82.5 Å². The van der Waals surface area contributed by atoms with Gasteiger partial charge in [-0.3, -0.25) is 14.8 Å². The first-order chi connectivity index (χ1) is 30.2. The van der Waals surface area contributed by atoms with Crippen LogP contribution in [0.1, 0.15) is 111 Å². The van der Waals surface area contributed by atoms with Crippen LogP contribution in [0.3, 0.4) is 0 Å². The first kappa shape index (κ1) is 42.0. The topological polar surface area (TPSA) is 176 Å². The number of nitrogens with zero attached hydrogens (tertiary/aromatic N) is 11. The van der Waals surface area contributed by atoms with Crippen molar-refractivity contribution in [3.8, 4) is 17.9 Å². The molecule has 1 amide bonds. The number of aryl methyl sites for hydroxylation is 1. The number of carbonyl (C=O) groups excluding carboxylic acids is 1. The van der Waals surface area contributed by atoms with Crippen molar-refractivity contribution in [1.29, 1.82) is 10.5 Å². The fourth-order valence-electron chi connectivity index (χ4n) is 10.2. The van der Waals surface area contributed by atoms with Crippen molar-refractivity contribution in [2.75, 3.05) is 55.6 Å². The molecule has 2 saturated heterocycles. The molecule has 4 aliphatic heterocycles. The van der Waals surface area contributed by atoms with Crippen LogP contribution < -0.4 is 19.9 Å². The number of likely N-dealkylation sites (tertiary alicyclic amines) is 1. The number of anilines is 3. The van der Waals surface area contributed by atoms with Gasteiger partial charge in [-0.1, -0.05) is 11.6 Å². The van der Waals surface area contributed by atoms with Crippen molar-refractivity contribution in [3.63, 3.8) is 0 Å². The van der Waals surface area contributed by atoms with Crippen LogP contribution in [-0.4, -0.2) is 104 Å². The molecule has 324 valence electrons. The van der Waals surface area contributed by atoms with Gasteiger partial charge in [-0.25, -0.2) is 4.98 Å². The van der Waals surface area contributed by atoms with E-state index >= 15 is 0 Å². The van der Waals surface area contributed by atoms with E-state index in [1.165, 1.54) is 5.69 Å². The number of rotatable bonds is 10. The molecular weight excluding hydrogens is 804 g/mol. The largest absolute Gasteiger partial charge is 0.490 e. The minimum atomic E-state index is -0.895. The zero-order valence-electron chi connectivity index (χ0n) is 35.4. The summed E-state index contributed by atoms with van der Waals surface area (Å²) in [6.45, 7) is 8.80. The number of aromatic nitrogens is 5. The van der Waals surface area contributed by atoms with E-state index in [0.29, 0.717) is 52.8 Å². The van der Waals surface area contributed by atoms with E-state index in [4.69, 9.17) is 26.7 Å². The highest BCUT2D eigenvalue weighted by Gasteiger charge is 2.35. The van der Waals surface area contributed by atoms with Gasteiger partial charge in [0.15, 0.2) is 11.6 Å². The lowest BCUT2D eigenvalue weighted by molar-refractivity contribution is -0.129. The van der Waals surface area contributed by atoms with Crippen LogP contribution in [0.5, 0.6) is 5.75 Å². The molecule has 62 heavy (non-hydrogen) atoms. The highest BCUT2D eigenvalue weighted by atomic mass is 35.5. The molecule has 1 atom stereocenters. The molecule has 1 aromatic carbocycles. The molecule has 3 fully saturated rings. The lowest BCUT2D eigenvalue weighted by atomic mass is 9.92. The summed E-state index contributed by atoms with van der Waals surface area (Å²) >= 11 is 6.18. The number of pyridine rings is 1. The second kappa shape index (κ2) is 18.6. The highest BCUT2D eigenvalue weighted by molar-refractivity contribution is 6.31. The summed E-state index contributed by atoms with van der Waals surface area (Å²) in [5, 5.41) is 47.6. The Morgan fingerprint density at radius 2 is 1.76 bits per heavy atom. The SMILES string of the molecule is CC(=O)N1CCc2c(c(N3CCCc4cc(C#N)ncc43)nn2C2CCN(CC3CCN(c4ccc(C(O)NC5CCC(Oc6ccc(C#N)c(Cl)c6)CC5)nn4)CC3)CC2)C1. The third-order valence-corrected chi connectivity index (χ3v) is 14.0. The predicted octanol–water partition coefficient (Wildman–Crippen LogP) is 5.98. The fraction of sp³-hybridized carbons (Fsp3) is 0.543. The average molecular weight is 859 g/mol. The van der Waals surface area contributed by atoms with Gasteiger partial charge in [0.05, 0.1) is 41.2 Å². The number of hydrogen-bond donors (Lipinski definition) is 2. The van der Waals surface area contributed by atoms with E-state index in [2.05, 4.69) is 52.0 Å². The average Bonchev–Trinajstić information content (AvgIpc) is 3.68. The smallest absolute Gasteiger partial charge is 0.219 e. The number of carbonyl (C=O) groups is 1. The van der Waals surface area contributed by atoms with Crippen LogP contribution in [0.4, 0.5) is 17.3 Å². The van der Waals surface area contributed by atoms with Crippen LogP contribution >= 0.6 is 11.6 Å². The molecule has 0 radical (unpaired) electrons. The van der Waals surface area contributed by atoms with Crippen LogP contribution in [0.2, 0.25) is 5.02 Å². The number of halogens is 1. The summed E-state index contributed by atoms with van der Waals surface area (Å²) in [6.07, 6.45) is 11.4. The molecule has 1 unspecified atom stereocenters. The standard InChI is InChI=1S/C46H55ClN12O3/c1-30(60)57-22-16-42-39(29-57)45(58-17-2-3-32-23-35(26-49)50-27-43(32)58)54-59(42)36-14-18-55(19-15-36)28-31-12-20-56(21-13-31)44-11-10-41(52-53-44)46(61)51-34-5-8-37(9-6-34)62-38-7-4-33(25-48)40(47)24-38/h4,7,10-11,23-24,27,31,34,36-37,46,51,61H,2-3,5-6,8-9,12-22,28-29H2,1H3. The Kier molecular flexibility index (Phi) is 12.6. The van der Waals surface area contributed by atoms with Crippen molar-refractivity contribution < 1.29 is 14.6 Å². The van der Waals surface area contributed by atoms with E-state index in [0.717, 1.165) is 138 Å². The van der Waals surface area contributed by atoms with Gasteiger partial charge in [-0.2, -0.15) is 15.6 Å². The van der Waals surface area contributed by atoms with Crippen LogP contribution in [-0.2, 0) is 24.2 Å². The minimum Gasteiger partial charge on any atom is -0.490 e. The van der Waals surface area contributed by atoms with E-state index in [-0.39, 0.29) is 18.1 Å². The number of aliphatic hydroxyl groups excluding tert-OH is 1. The first-order valence-electron chi connectivity index (χ1n) is 22.4. The molecular formula is C46H55ClN12O3. The van der Waals surface area contributed by atoms with Gasteiger partial charge >= 0.3 is 0 Å².